The zero-order valence-electron chi connectivity index (χ0n) is 15.9. The van der Waals surface area contributed by atoms with Crippen molar-refractivity contribution in [1.29, 1.82) is 0 Å². The van der Waals surface area contributed by atoms with Crippen LogP contribution in [0.4, 0.5) is 0 Å². The summed E-state index contributed by atoms with van der Waals surface area (Å²) in [5.41, 5.74) is 0. The maximum Gasteiger partial charge on any atom is 0.312 e. The van der Waals surface area contributed by atoms with Crippen molar-refractivity contribution in [3.63, 3.8) is 0 Å². The van der Waals surface area contributed by atoms with E-state index in [0.717, 1.165) is 43.3 Å². The fourth-order valence-corrected chi connectivity index (χ4v) is 3.69. The normalized spacial score (nSPS) is 14.7. The molecule has 0 saturated carbocycles. The number of nitrogens with zero attached hydrogens (tertiary/aromatic N) is 1. The van der Waals surface area contributed by atoms with Crippen molar-refractivity contribution in [2.45, 2.75) is 85.2 Å². The molecule has 0 bridgehead atoms. The van der Waals surface area contributed by atoms with E-state index in [9.17, 15) is 15.0 Å². The standard InChI is InChI=1S/C19H39NO3/c1-5-9-10-11-12-18(21)16-20(13-6-2,14-7-3)15-17(8-4)19(22)23/h17-18,21H,5-16H2,1-4H3/p+1. The van der Waals surface area contributed by atoms with Gasteiger partial charge in [0.2, 0.25) is 0 Å². The minimum absolute atomic E-state index is 0.305. The molecule has 0 aromatic heterocycles. The summed E-state index contributed by atoms with van der Waals surface area (Å²) in [5, 5.41) is 19.9. The third-order valence-electron chi connectivity index (χ3n) is 4.83. The van der Waals surface area contributed by atoms with Crippen molar-refractivity contribution >= 4 is 5.97 Å². The number of hydrogen-bond donors (Lipinski definition) is 2. The molecule has 0 aromatic carbocycles. The molecule has 0 heterocycles. The van der Waals surface area contributed by atoms with Gasteiger partial charge in [0.15, 0.2) is 0 Å². The number of carbonyl (C=O) groups is 1. The lowest BCUT2D eigenvalue weighted by Crippen LogP contribution is -2.56. The smallest absolute Gasteiger partial charge is 0.312 e. The van der Waals surface area contributed by atoms with Crippen molar-refractivity contribution in [3.05, 3.63) is 0 Å². The van der Waals surface area contributed by atoms with Crippen molar-refractivity contribution < 1.29 is 19.5 Å². The third-order valence-corrected chi connectivity index (χ3v) is 4.83. The van der Waals surface area contributed by atoms with Gasteiger partial charge in [-0.05, 0) is 25.7 Å². The lowest BCUT2D eigenvalue weighted by molar-refractivity contribution is -0.933. The van der Waals surface area contributed by atoms with Gasteiger partial charge in [-0.2, -0.15) is 0 Å². The van der Waals surface area contributed by atoms with Crippen LogP contribution in [0.15, 0.2) is 0 Å². The lowest BCUT2D eigenvalue weighted by atomic mass is 10.0. The molecule has 0 aliphatic heterocycles. The first-order valence-corrected chi connectivity index (χ1v) is 9.70. The van der Waals surface area contributed by atoms with Gasteiger partial charge in [0.25, 0.3) is 0 Å². The molecule has 0 radical (unpaired) electrons. The van der Waals surface area contributed by atoms with E-state index < -0.39 is 5.97 Å². The van der Waals surface area contributed by atoms with Gasteiger partial charge in [-0.25, -0.2) is 0 Å². The van der Waals surface area contributed by atoms with E-state index in [1.807, 2.05) is 6.92 Å². The molecule has 4 heteroatoms. The monoisotopic (exact) mass is 330 g/mol. The summed E-state index contributed by atoms with van der Waals surface area (Å²) < 4.78 is 0.757. The van der Waals surface area contributed by atoms with Crippen molar-refractivity contribution in [2.75, 3.05) is 26.2 Å². The predicted molar refractivity (Wildman–Crippen MR) is 96.5 cm³/mol. The zero-order chi connectivity index (χ0) is 17.7. The average Bonchev–Trinajstić information content (AvgIpc) is 2.49. The molecule has 0 rings (SSSR count). The molecule has 0 fully saturated rings. The second-order valence-corrected chi connectivity index (χ2v) is 7.10. The van der Waals surface area contributed by atoms with Crippen molar-refractivity contribution in [3.8, 4) is 0 Å². The number of hydrogen-bond acceptors (Lipinski definition) is 2. The number of aliphatic carboxylic acids is 1. The first kappa shape index (κ1) is 22.4. The highest BCUT2D eigenvalue weighted by molar-refractivity contribution is 5.69. The van der Waals surface area contributed by atoms with Crippen LogP contribution in [-0.4, -0.2) is 52.9 Å². The summed E-state index contributed by atoms with van der Waals surface area (Å²) in [4.78, 5) is 11.5. The van der Waals surface area contributed by atoms with Crippen LogP contribution in [0.2, 0.25) is 0 Å². The summed E-state index contributed by atoms with van der Waals surface area (Å²) in [6, 6.07) is 0. The first-order chi connectivity index (χ1) is 10.9. The Morgan fingerprint density at radius 1 is 0.913 bits per heavy atom. The number of unbranched alkanes of at least 4 members (excludes halogenated alkanes) is 3. The van der Waals surface area contributed by atoms with Gasteiger partial charge >= 0.3 is 5.97 Å². The Hall–Kier alpha value is -0.610. The number of quaternary nitrogens is 1. The molecule has 138 valence electrons. The number of aliphatic hydroxyl groups is 1. The third kappa shape index (κ3) is 9.31. The molecule has 0 spiro atoms. The van der Waals surface area contributed by atoms with Gasteiger partial charge in [0.05, 0.1) is 19.6 Å². The van der Waals surface area contributed by atoms with E-state index in [-0.39, 0.29) is 12.0 Å². The minimum Gasteiger partial charge on any atom is -0.481 e. The van der Waals surface area contributed by atoms with Gasteiger partial charge in [-0.3, -0.25) is 4.79 Å². The Balaban J connectivity index is 4.84. The molecule has 0 aliphatic rings. The topological polar surface area (TPSA) is 57.5 Å². The molecule has 0 saturated heterocycles. The molecule has 2 atom stereocenters. The highest BCUT2D eigenvalue weighted by Crippen LogP contribution is 2.20. The Morgan fingerprint density at radius 2 is 1.52 bits per heavy atom. The van der Waals surface area contributed by atoms with Gasteiger partial charge in [-0.15, -0.1) is 0 Å². The molecule has 2 unspecified atom stereocenters. The molecule has 2 N–H and O–H groups in total. The van der Waals surface area contributed by atoms with Crippen LogP contribution in [0.1, 0.15) is 79.1 Å². The van der Waals surface area contributed by atoms with E-state index in [2.05, 4.69) is 20.8 Å². The zero-order valence-corrected chi connectivity index (χ0v) is 15.9. The lowest BCUT2D eigenvalue weighted by Gasteiger charge is -2.41. The second-order valence-electron chi connectivity index (χ2n) is 7.10. The second kappa shape index (κ2) is 12.8. The fraction of sp³-hybridized carbons (Fsp3) is 0.947. The van der Waals surface area contributed by atoms with Crippen molar-refractivity contribution in [2.24, 2.45) is 5.92 Å². The number of rotatable bonds is 15. The Bertz CT molecular complexity index is 301. The fourth-order valence-electron chi connectivity index (χ4n) is 3.69. The minimum atomic E-state index is -0.695. The Morgan fingerprint density at radius 3 is 1.96 bits per heavy atom. The van der Waals surface area contributed by atoms with Crippen LogP contribution in [0.25, 0.3) is 0 Å². The van der Waals surface area contributed by atoms with E-state index in [1.165, 1.54) is 19.3 Å². The average molecular weight is 331 g/mol. The number of aliphatic hydroxyl groups excluding tert-OH is 1. The maximum absolute atomic E-state index is 11.5. The summed E-state index contributed by atoms with van der Waals surface area (Å²) in [5.74, 6) is -1.000. The largest absolute Gasteiger partial charge is 0.481 e. The molecule has 0 amide bonds. The Kier molecular flexibility index (Phi) is 12.4. The molecular formula is C19H40NO3+. The Labute approximate surface area is 143 Å². The van der Waals surface area contributed by atoms with Crippen molar-refractivity contribution in [1.82, 2.24) is 0 Å². The highest BCUT2D eigenvalue weighted by atomic mass is 16.4. The predicted octanol–water partition coefficient (Wildman–Crippen LogP) is 4.07. The molecule has 23 heavy (non-hydrogen) atoms. The van der Waals surface area contributed by atoms with E-state index in [0.29, 0.717) is 19.5 Å². The van der Waals surface area contributed by atoms with Crippen LogP contribution in [-0.2, 0) is 4.79 Å². The molecule has 4 nitrogen and oxygen atoms in total. The SMILES string of the molecule is CCCCCCC(O)C[N+](CCC)(CCC)CC(CC)C(=O)O. The first-order valence-electron chi connectivity index (χ1n) is 9.70. The summed E-state index contributed by atoms with van der Waals surface area (Å²) in [6.07, 6.45) is 7.94. The molecule has 0 aromatic rings. The number of carboxylic acids is 1. The maximum atomic E-state index is 11.5. The van der Waals surface area contributed by atoms with Crippen LogP contribution >= 0.6 is 0 Å². The summed E-state index contributed by atoms with van der Waals surface area (Å²) >= 11 is 0. The van der Waals surface area contributed by atoms with E-state index >= 15 is 0 Å². The van der Waals surface area contributed by atoms with Crippen LogP contribution in [0.3, 0.4) is 0 Å². The van der Waals surface area contributed by atoms with Gasteiger partial charge in [0, 0.05) is 0 Å². The number of carboxylic acid groups (broad SMARTS) is 1. The van der Waals surface area contributed by atoms with Crippen LogP contribution in [0, 0.1) is 5.92 Å². The highest BCUT2D eigenvalue weighted by Gasteiger charge is 2.34. The van der Waals surface area contributed by atoms with E-state index in [4.69, 9.17) is 0 Å². The van der Waals surface area contributed by atoms with Crippen LogP contribution < -0.4 is 0 Å². The summed E-state index contributed by atoms with van der Waals surface area (Å²) in [6.45, 7) is 11.7. The van der Waals surface area contributed by atoms with Crippen LogP contribution in [0.5, 0.6) is 0 Å². The summed E-state index contributed by atoms with van der Waals surface area (Å²) in [7, 11) is 0. The van der Waals surface area contributed by atoms with Gasteiger partial charge < -0.3 is 14.7 Å². The van der Waals surface area contributed by atoms with Gasteiger partial charge in [0.1, 0.15) is 18.6 Å². The quantitative estimate of drug-likeness (QED) is 0.351. The van der Waals surface area contributed by atoms with E-state index in [1.54, 1.807) is 0 Å². The molecule has 0 aliphatic carbocycles. The molecular weight excluding hydrogens is 290 g/mol. The van der Waals surface area contributed by atoms with Gasteiger partial charge in [-0.1, -0.05) is 53.4 Å².